The van der Waals surface area contributed by atoms with E-state index in [1.807, 2.05) is 6.07 Å². The zero-order valence-electron chi connectivity index (χ0n) is 4.76. The third kappa shape index (κ3) is 1.24. The molecule has 0 heterocycles. The molecule has 0 saturated heterocycles. The van der Waals surface area contributed by atoms with Crippen molar-refractivity contribution in [1.29, 1.82) is 0 Å². The van der Waals surface area contributed by atoms with Crippen LogP contribution in [0.4, 0.5) is 0 Å². The van der Waals surface area contributed by atoms with E-state index in [9.17, 15) is 0 Å². The van der Waals surface area contributed by atoms with Gasteiger partial charge in [-0.2, -0.15) is 0 Å². The molecule has 0 saturated carbocycles. The summed E-state index contributed by atoms with van der Waals surface area (Å²) >= 11 is 3.17. The lowest BCUT2D eigenvalue weighted by Crippen LogP contribution is -1.73. The average molecular weight is 186 g/mol. The lowest BCUT2D eigenvalue weighted by atomic mass is 10.2. The fraction of sp³-hybridized carbons (Fsp3) is 0. The van der Waals surface area contributed by atoms with Crippen molar-refractivity contribution in [1.82, 2.24) is 0 Å². The molecular weight excluding hydrogens is 180 g/mol. The number of benzene rings is 1. The molecule has 0 atom stereocenters. The van der Waals surface area contributed by atoms with Crippen LogP contribution in [0, 0.1) is 6.92 Å². The Kier molecular flexibility index (Phi) is 1.76. The summed E-state index contributed by atoms with van der Waals surface area (Å²) in [5.74, 6) is 0.238. The number of aromatic hydroxyl groups is 1. The zero-order valence-corrected chi connectivity index (χ0v) is 6.35. The van der Waals surface area contributed by atoms with E-state index in [1.54, 1.807) is 12.1 Å². The lowest BCUT2D eigenvalue weighted by Gasteiger charge is -1.97. The molecule has 1 nitrogen and oxygen atoms in total. The van der Waals surface area contributed by atoms with Crippen molar-refractivity contribution in [2.75, 3.05) is 0 Å². The second-order valence-corrected chi connectivity index (χ2v) is 2.54. The first-order valence-corrected chi connectivity index (χ1v) is 3.30. The minimum atomic E-state index is 0.238. The predicted molar refractivity (Wildman–Crippen MR) is 40.3 cm³/mol. The largest absolute Gasteiger partial charge is 0.507 e. The van der Waals surface area contributed by atoms with Crippen LogP contribution in [-0.4, -0.2) is 5.11 Å². The Balaban J connectivity index is 3.25. The third-order valence-corrected chi connectivity index (χ3v) is 1.97. The van der Waals surface area contributed by atoms with Crippen molar-refractivity contribution in [2.24, 2.45) is 0 Å². The van der Waals surface area contributed by atoms with Crippen LogP contribution in [-0.2, 0) is 0 Å². The fourth-order valence-corrected chi connectivity index (χ4v) is 0.831. The van der Waals surface area contributed by atoms with Crippen molar-refractivity contribution in [3.8, 4) is 5.75 Å². The Labute approximate surface area is 62.5 Å². The summed E-state index contributed by atoms with van der Waals surface area (Å²) in [6.45, 7) is 3.67. The van der Waals surface area contributed by atoms with E-state index >= 15 is 0 Å². The van der Waals surface area contributed by atoms with Crippen LogP contribution in [0.15, 0.2) is 22.7 Å². The van der Waals surface area contributed by atoms with Crippen LogP contribution < -0.4 is 0 Å². The molecular formula is C7H6BrO. The highest BCUT2D eigenvalue weighted by Crippen LogP contribution is 2.25. The minimum Gasteiger partial charge on any atom is -0.507 e. The van der Waals surface area contributed by atoms with Crippen molar-refractivity contribution < 1.29 is 5.11 Å². The maximum absolute atomic E-state index is 9.01. The molecule has 9 heavy (non-hydrogen) atoms. The molecule has 0 aliphatic rings. The molecule has 1 rings (SSSR count). The topological polar surface area (TPSA) is 20.2 Å². The Morgan fingerprint density at radius 3 is 2.56 bits per heavy atom. The molecule has 1 aromatic carbocycles. The molecule has 0 unspecified atom stereocenters. The minimum absolute atomic E-state index is 0.238. The van der Waals surface area contributed by atoms with E-state index in [0.29, 0.717) is 4.47 Å². The van der Waals surface area contributed by atoms with E-state index in [0.717, 1.165) is 5.56 Å². The molecule has 1 aromatic rings. The lowest BCUT2D eigenvalue weighted by molar-refractivity contribution is 0.471. The highest BCUT2D eigenvalue weighted by atomic mass is 79.9. The molecule has 0 amide bonds. The Hall–Kier alpha value is -0.500. The van der Waals surface area contributed by atoms with Crippen LogP contribution in [0.2, 0.25) is 0 Å². The number of phenols is 1. The molecule has 0 bridgehead atoms. The van der Waals surface area contributed by atoms with E-state index in [2.05, 4.69) is 22.9 Å². The van der Waals surface area contributed by atoms with Crippen molar-refractivity contribution in [3.05, 3.63) is 35.2 Å². The normalized spacial score (nSPS) is 9.56. The number of halogens is 1. The number of hydrogen-bond donors (Lipinski definition) is 1. The van der Waals surface area contributed by atoms with Gasteiger partial charge in [0.15, 0.2) is 0 Å². The summed E-state index contributed by atoms with van der Waals surface area (Å²) in [6, 6.07) is 5.19. The van der Waals surface area contributed by atoms with Crippen LogP contribution in [0.1, 0.15) is 5.56 Å². The summed E-state index contributed by atoms with van der Waals surface area (Å²) in [4.78, 5) is 0. The Morgan fingerprint density at radius 2 is 2.11 bits per heavy atom. The predicted octanol–water partition coefficient (Wildman–Crippen LogP) is 2.34. The van der Waals surface area contributed by atoms with Gasteiger partial charge < -0.3 is 5.11 Å². The average Bonchev–Trinajstić information content (AvgIpc) is 1.83. The van der Waals surface area contributed by atoms with E-state index < -0.39 is 0 Å². The van der Waals surface area contributed by atoms with Crippen molar-refractivity contribution >= 4 is 15.9 Å². The summed E-state index contributed by atoms with van der Waals surface area (Å²) in [5.41, 5.74) is 0.801. The first-order chi connectivity index (χ1) is 4.22. The molecule has 1 N–H and O–H groups in total. The molecule has 2 heteroatoms. The van der Waals surface area contributed by atoms with E-state index in [4.69, 9.17) is 5.11 Å². The van der Waals surface area contributed by atoms with Gasteiger partial charge in [0.2, 0.25) is 0 Å². The Morgan fingerprint density at radius 1 is 1.44 bits per heavy atom. The number of phenolic OH excluding ortho intramolecular Hbond substituents is 1. The third-order valence-electron chi connectivity index (χ3n) is 1.06. The highest BCUT2D eigenvalue weighted by Gasteiger charge is 1.96. The van der Waals surface area contributed by atoms with Gasteiger partial charge in [-0.25, -0.2) is 0 Å². The maximum atomic E-state index is 9.01. The van der Waals surface area contributed by atoms with E-state index in [1.165, 1.54) is 0 Å². The number of rotatable bonds is 0. The quantitative estimate of drug-likeness (QED) is 0.659. The van der Waals surface area contributed by atoms with Crippen molar-refractivity contribution in [3.63, 3.8) is 0 Å². The molecule has 1 radical (unpaired) electrons. The summed E-state index contributed by atoms with van der Waals surface area (Å²) in [6.07, 6.45) is 0. The van der Waals surface area contributed by atoms with Gasteiger partial charge in [-0.1, -0.05) is 12.1 Å². The standard InChI is InChI=1S/C7H6BrO/c1-5-3-2-4-6(9)7(5)8/h2-4,9H,1H2. The van der Waals surface area contributed by atoms with Crippen LogP contribution in [0.5, 0.6) is 5.75 Å². The monoisotopic (exact) mass is 185 g/mol. The van der Waals surface area contributed by atoms with Crippen LogP contribution in [0.25, 0.3) is 0 Å². The molecule has 0 aliphatic heterocycles. The Bertz CT molecular complexity index is 200. The smallest absolute Gasteiger partial charge is 0.130 e. The second-order valence-electron chi connectivity index (χ2n) is 1.75. The fourth-order valence-electron chi connectivity index (χ4n) is 0.566. The van der Waals surface area contributed by atoms with Gasteiger partial charge >= 0.3 is 0 Å². The summed E-state index contributed by atoms with van der Waals surface area (Å²) < 4.78 is 0.671. The van der Waals surface area contributed by atoms with Gasteiger partial charge in [-0.3, -0.25) is 0 Å². The zero-order chi connectivity index (χ0) is 6.85. The summed E-state index contributed by atoms with van der Waals surface area (Å²) in [7, 11) is 0. The van der Waals surface area contributed by atoms with Gasteiger partial charge in [-0.05, 0) is 34.5 Å². The van der Waals surface area contributed by atoms with Crippen LogP contribution in [0.3, 0.4) is 0 Å². The highest BCUT2D eigenvalue weighted by molar-refractivity contribution is 9.10. The van der Waals surface area contributed by atoms with Gasteiger partial charge in [0.25, 0.3) is 0 Å². The van der Waals surface area contributed by atoms with Gasteiger partial charge in [0, 0.05) is 0 Å². The molecule has 0 spiro atoms. The van der Waals surface area contributed by atoms with Crippen molar-refractivity contribution in [2.45, 2.75) is 0 Å². The molecule has 0 aliphatic carbocycles. The molecule has 0 aromatic heterocycles. The number of hydrogen-bond acceptors (Lipinski definition) is 1. The van der Waals surface area contributed by atoms with Gasteiger partial charge in [0.05, 0.1) is 4.47 Å². The first kappa shape index (κ1) is 6.62. The summed E-state index contributed by atoms with van der Waals surface area (Å²) in [5, 5.41) is 9.01. The van der Waals surface area contributed by atoms with E-state index in [-0.39, 0.29) is 5.75 Å². The SMILES string of the molecule is [CH2]c1cccc(O)c1Br. The van der Waals surface area contributed by atoms with Gasteiger partial charge in [-0.15, -0.1) is 0 Å². The molecule has 47 valence electrons. The molecule has 0 fully saturated rings. The maximum Gasteiger partial charge on any atom is 0.130 e. The van der Waals surface area contributed by atoms with Crippen LogP contribution >= 0.6 is 15.9 Å². The first-order valence-electron chi connectivity index (χ1n) is 2.51. The van der Waals surface area contributed by atoms with Gasteiger partial charge in [0.1, 0.15) is 5.75 Å². The second kappa shape index (κ2) is 2.40.